The van der Waals surface area contributed by atoms with Crippen molar-refractivity contribution >= 4 is 35.3 Å². The van der Waals surface area contributed by atoms with Gasteiger partial charge in [-0.25, -0.2) is 0 Å². The molecule has 529 valence electrons. The Bertz CT molecular complexity index is 793. The third-order valence-corrected chi connectivity index (χ3v) is 20.8. The maximum Gasteiger partial charge on any atom is 4.00 e. The Morgan fingerprint density at radius 1 is 0.116 bits per heavy atom. The van der Waals surface area contributed by atoms with E-state index in [2.05, 4.69) is 76.8 Å². The zero-order valence-corrected chi connectivity index (χ0v) is 67.8. The summed E-state index contributed by atoms with van der Waals surface area (Å²) in [7, 11) is 0. The maximum absolute atomic E-state index is 2.30. The average molecular weight is 1530 g/mol. The second kappa shape index (κ2) is 109. The zero-order valence-electron chi connectivity index (χ0n) is 60.0. The van der Waals surface area contributed by atoms with E-state index in [4.69, 9.17) is 0 Å². The van der Waals surface area contributed by atoms with Gasteiger partial charge in [-0.15, -0.1) is 0 Å². The first-order chi connectivity index (χ1) is 40.2. The van der Waals surface area contributed by atoms with Crippen LogP contribution in [0.3, 0.4) is 0 Å². The van der Waals surface area contributed by atoms with Gasteiger partial charge >= 0.3 is 20.1 Å². The van der Waals surface area contributed by atoms with Crippen LogP contribution < -0.4 is 49.6 Å². The first kappa shape index (κ1) is 105. The fourth-order valence-electron chi connectivity index (χ4n) is 11.5. The largest absolute Gasteiger partial charge is 4.00 e. The van der Waals surface area contributed by atoms with E-state index in [0.717, 1.165) is 0 Å². The summed E-state index contributed by atoms with van der Waals surface area (Å²) in [5, 5.41) is 0. The van der Waals surface area contributed by atoms with Crippen molar-refractivity contribution in [1.29, 1.82) is 0 Å². The Morgan fingerprint density at radius 2 is 0.186 bits per heavy atom. The smallest absolute Gasteiger partial charge is 1.00 e. The quantitative estimate of drug-likeness (QED) is 0.0557. The zero-order chi connectivity index (χ0) is 59.0. The fourth-order valence-corrected chi connectivity index (χ4v) is 14.6. The number of halogens is 4. The Kier molecular flexibility index (Phi) is 133. The number of hydrogen-bond acceptors (Lipinski definition) is 3. The van der Waals surface area contributed by atoms with Crippen LogP contribution in [0, 0.1) is 0 Å². The molecule has 0 N–H and O–H groups in total. The summed E-state index contributed by atoms with van der Waals surface area (Å²) in [5.41, 5.74) is 0. The van der Waals surface area contributed by atoms with Crippen LogP contribution in [0.1, 0.15) is 465 Å². The minimum atomic E-state index is 0. The predicted molar refractivity (Wildman–Crippen MR) is 391 cm³/mol. The summed E-state index contributed by atoms with van der Waals surface area (Å²) in [6.07, 6.45) is 96.6. The third kappa shape index (κ3) is 114. The van der Waals surface area contributed by atoms with Crippen molar-refractivity contribution in [2.45, 2.75) is 465 Å². The second-order valence-corrected chi connectivity index (χ2v) is 29.7. The van der Waals surface area contributed by atoms with Crippen molar-refractivity contribution in [3.63, 3.8) is 0 Å². The SMILES string of the molecule is CCCCCCCCCCCCCSCCCCCCCCCCCCC.CCCCCCCCCCCCCSCCCCCCCCCCCCC.CCCCCCCCCCCCCSCCCCCCCCCCCCC.[Cl-].[Cl-].[Cl-].[Cl-].[Ir+4]. The molecule has 0 saturated heterocycles. The van der Waals surface area contributed by atoms with Crippen LogP contribution in [0.2, 0.25) is 0 Å². The van der Waals surface area contributed by atoms with Crippen molar-refractivity contribution in [1.82, 2.24) is 0 Å². The monoisotopic (exact) mass is 1530 g/mol. The molecule has 0 aliphatic rings. The van der Waals surface area contributed by atoms with Crippen molar-refractivity contribution in [3.8, 4) is 0 Å². The Balaban J connectivity index is -0.000000172. The maximum atomic E-state index is 2.30. The molecule has 0 aliphatic carbocycles. The fraction of sp³-hybridized carbons (Fsp3) is 1.00. The molecular weight excluding hydrogens is 1370 g/mol. The molecule has 0 nitrogen and oxygen atoms in total. The van der Waals surface area contributed by atoms with E-state index in [0.29, 0.717) is 0 Å². The van der Waals surface area contributed by atoms with Gasteiger partial charge in [0, 0.05) is 0 Å². The predicted octanol–water partition coefficient (Wildman–Crippen LogP) is 19.0. The number of rotatable bonds is 72. The first-order valence-electron chi connectivity index (χ1n) is 39.0. The van der Waals surface area contributed by atoms with Gasteiger partial charge in [0.15, 0.2) is 0 Å². The van der Waals surface area contributed by atoms with E-state index >= 15 is 0 Å². The normalized spacial score (nSPS) is 10.7. The first-order valence-corrected chi connectivity index (χ1v) is 42.4. The molecule has 0 fully saturated rings. The Morgan fingerprint density at radius 3 is 0.267 bits per heavy atom. The Labute approximate surface area is 599 Å². The van der Waals surface area contributed by atoms with Crippen LogP contribution >= 0.6 is 35.3 Å². The molecule has 0 aromatic carbocycles. The molecule has 0 aromatic heterocycles. The van der Waals surface area contributed by atoms with Crippen molar-refractivity contribution in [3.05, 3.63) is 0 Å². The van der Waals surface area contributed by atoms with Gasteiger partial charge in [0.2, 0.25) is 0 Å². The minimum Gasteiger partial charge on any atom is -1.00 e. The van der Waals surface area contributed by atoms with Crippen molar-refractivity contribution < 1.29 is 69.7 Å². The van der Waals surface area contributed by atoms with Crippen LogP contribution in [-0.4, -0.2) is 34.5 Å². The van der Waals surface area contributed by atoms with Gasteiger partial charge in [0.1, 0.15) is 0 Å². The van der Waals surface area contributed by atoms with Crippen LogP contribution in [0.5, 0.6) is 0 Å². The number of thioether (sulfide) groups is 3. The molecule has 0 atom stereocenters. The van der Waals surface area contributed by atoms with Gasteiger partial charge in [-0.2, -0.15) is 35.3 Å². The Hall–Kier alpha value is 2.86. The van der Waals surface area contributed by atoms with Crippen molar-refractivity contribution in [2.24, 2.45) is 0 Å². The van der Waals surface area contributed by atoms with Gasteiger partial charge in [0.05, 0.1) is 0 Å². The van der Waals surface area contributed by atoms with Crippen molar-refractivity contribution in [2.75, 3.05) is 34.5 Å². The molecule has 0 aromatic rings. The number of hydrogen-bond donors (Lipinski definition) is 0. The molecular formula is C78H162Cl4IrS3. The van der Waals surface area contributed by atoms with E-state index in [9.17, 15) is 0 Å². The van der Waals surface area contributed by atoms with Crippen LogP contribution in [0.25, 0.3) is 0 Å². The summed E-state index contributed by atoms with van der Waals surface area (Å²) in [5.74, 6) is 8.47. The summed E-state index contributed by atoms with van der Waals surface area (Å²) in [4.78, 5) is 0. The van der Waals surface area contributed by atoms with E-state index in [1.807, 2.05) is 0 Å². The summed E-state index contributed by atoms with van der Waals surface area (Å²) in [6, 6.07) is 0. The molecule has 1 radical (unpaired) electrons. The van der Waals surface area contributed by atoms with E-state index in [1.165, 1.54) is 458 Å². The summed E-state index contributed by atoms with van der Waals surface area (Å²) in [6.45, 7) is 13.8. The second-order valence-electron chi connectivity index (χ2n) is 26.1. The minimum absolute atomic E-state index is 0. The van der Waals surface area contributed by atoms with Gasteiger partial charge in [-0.1, -0.05) is 427 Å². The molecule has 0 rings (SSSR count). The molecule has 0 saturated carbocycles. The molecule has 0 spiro atoms. The van der Waals surface area contributed by atoms with E-state index in [-0.39, 0.29) is 69.7 Å². The van der Waals surface area contributed by atoms with Gasteiger partial charge in [0.25, 0.3) is 0 Å². The molecule has 0 unspecified atom stereocenters. The van der Waals surface area contributed by atoms with Crippen LogP contribution in [0.4, 0.5) is 0 Å². The molecule has 0 amide bonds. The molecule has 86 heavy (non-hydrogen) atoms. The third-order valence-electron chi connectivity index (χ3n) is 17.4. The molecule has 0 aliphatic heterocycles. The molecule has 0 bridgehead atoms. The summed E-state index contributed by atoms with van der Waals surface area (Å²) >= 11 is 6.64. The van der Waals surface area contributed by atoms with Gasteiger partial charge in [-0.05, 0) is 73.0 Å². The number of unbranched alkanes of at least 4 members (excludes halogenated alkanes) is 60. The summed E-state index contributed by atoms with van der Waals surface area (Å²) < 4.78 is 0. The van der Waals surface area contributed by atoms with Gasteiger partial charge in [-0.3, -0.25) is 0 Å². The van der Waals surface area contributed by atoms with Crippen LogP contribution in [-0.2, 0) is 20.1 Å². The standard InChI is InChI=1S/3C26H54S.4ClH.Ir/c3*1-3-5-7-9-11-13-15-17-19-21-23-25-27-26-24-22-20-18-16-14-12-10-8-6-4-2;;;;;/h3*3-26H2,1-2H3;4*1H;/q;;;;;;;+4/p-4. The van der Waals surface area contributed by atoms with E-state index < -0.39 is 0 Å². The van der Waals surface area contributed by atoms with Crippen LogP contribution in [0.15, 0.2) is 0 Å². The molecule has 8 heteroatoms. The topological polar surface area (TPSA) is 0 Å². The van der Waals surface area contributed by atoms with E-state index in [1.54, 1.807) is 0 Å². The molecule has 0 heterocycles. The van der Waals surface area contributed by atoms with Gasteiger partial charge < -0.3 is 49.6 Å². The average Bonchev–Trinajstić information content (AvgIpc) is 3.48.